The van der Waals surface area contributed by atoms with Crippen LogP contribution in [0.3, 0.4) is 0 Å². The molecular weight excluding hydrogens is 208 g/mol. The van der Waals surface area contributed by atoms with Crippen molar-refractivity contribution in [3.63, 3.8) is 0 Å². The second-order valence-corrected chi connectivity index (χ2v) is 4.44. The van der Waals surface area contributed by atoms with Gasteiger partial charge in [-0.15, -0.1) is 17.9 Å². The first kappa shape index (κ1) is 11.9. The molecule has 1 aromatic heterocycles. The first-order valence-corrected chi connectivity index (χ1v) is 5.67. The zero-order chi connectivity index (χ0) is 11.3. The summed E-state index contributed by atoms with van der Waals surface area (Å²) in [4.78, 5) is 14.5. The first-order valence-electron chi connectivity index (χ1n) is 4.79. The van der Waals surface area contributed by atoms with Crippen LogP contribution in [0.5, 0.6) is 0 Å². The van der Waals surface area contributed by atoms with Gasteiger partial charge in [0.2, 0.25) is 5.91 Å². The molecule has 0 spiro atoms. The summed E-state index contributed by atoms with van der Waals surface area (Å²) in [5.74, 6) is -0.0386. The van der Waals surface area contributed by atoms with Crippen molar-refractivity contribution < 1.29 is 4.79 Å². The summed E-state index contributed by atoms with van der Waals surface area (Å²) < 4.78 is 0. The highest BCUT2D eigenvalue weighted by atomic mass is 32.1. The Morgan fingerprint density at radius 2 is 2.53 bits per heavy atom. The molecule has 82 valence electrons. The van der Waals surface area contributed by atoms with Crippen LogP contribution in [0.4, 0.5) is 0 Å². The van der Waals surface area contributed by atoms with Gasteiger partial charge in [-0.1, -0.05) is 12.1 Å². The van der Waals surface area contributed by atoms with E-state index in [9.17, 15) is 4.79 Å². The Morgan fingerprint density at radius 1 is 1.80 bits per heavy atom. The number of likely N-dealkylation sites (N-methyl/N-ethyl adjacent to an activating group) is 1. The lowest BCUT2D eigenvalue weighted by atomic mass is 10.2. The van der Waals surface area contributed by atoms with Gasteiger partial charge in [-0.2, -0.15) is 0 Å². The highest BCUT2D eigenvalue weighted by Crippen LogP contribution is 2.11. The maximum Gasteiger partial charge on any atom is 0.239 e. The molecular formula is C11H16N2OS. The minimum atomic E-state index is -0.465. The molecule has 0 radical (unpaired) electrons. The zero-order valence-corrected chi connectivity index (χ0v) is 9.67. The number of hydrogen-bond acceptors (Lipinski definition) is 3. The molecule has 0 aliphatic carbocycles. The average Bonchev–Trinajstić information content (AvgIpc) is 2.69. The normalized spacial score (nSPS) is 12.1. The van der Waals surface area contributed by atoms with Crippen LogP contribution < -0.4 is 5.73 Å². The minimum Gasteiger partial charge on any atom is -0.339 e. The molecule has 0 bridgehead atoms. The smallest absolute Gasteiger partial charge is 0.239 e. The molecule has 0 saturated heterocycles. The van der Waals surface area contributed by atoms with Gasteiger partial charge in [-0.25, -0.2) is 0 Å². The third-order valence-electron chi connectivity index (χ3n) is 2.09. The molecule has 15 heavy (non-hydrogen) atoms. The van der Waals surface area contributed by atoms with Crippen LogP contribution in [0.2, 0.25) is 0 Å². The molecule has 0 aliphatic heterocycles. The molecule has 0 fully saturated rings. The van der Waals surface area contributed by atoms with E-state index in [1.165, 1.54) is 0 Å². The summed E-state index contributed by atoms with van der Waals surface area (Å²) in [5, 5.41) is 2.00. The number of amides is 1. The fourth-order valence-corrected chi connectivity index (χ4v) is 2.03. The van der Waals surface area contributed by atoms with E-state index >= 15 is 0 Å². The van der Waals surface area contributed by atoms with E-state index in [4.69, 9.17) is 5.73 Å². The summed E-state index contributed by atoms with van der Waals surface area (Å²) in [6.45, 7) is 4.20. The third kappa shape index (κ3) is 3.49. The van der Waals surface area contributed by atoms with Gasteiger partial charge >= 0.3 is 0 Å². The van der Waals surface area contributed by atoms with E-state index in [2.05, 4.69) is 6.58 Å². The van der Waals surface area contributed by atoms with Crippen molar-refractivity contribution in [1.29, 1.82) is 0 Å². The Kier molecular flexibility index (Phi) is 4.52. The van der Waals surface area contributed by atoms with Crippen LogP contribution in [0.25, 0.3) is 0 Å². The lowest BCUT2D eigenvalue weighted by Gasteiger charge is -2.19. The van der Waals surface area contributed by atoms with Gasteiger partial charge in [0, 0.05) is 11.9 Å². The maximum absolute atomic E-state index is 11.7. The van der Waals surface area contributed by atoms with E-state index in [1.54, 1.807) is 29.4 Å². The van der Waals surface area contributed by atoms with Crippen molar-refractivity contribution in [1.82, 2.24) is 4.90 Å². The topological polar surface area (TPSA) is 46.3 Å². The molecule has 0 saturated carbocycles. The van der Waals surface area contributed by atoms with Gasteiger partial charge in [-0.3, -0.25) is 4.79 Å². The van der Waals surface area contributed by atoms with Crippen LogP contribution in [0.15, 0.2) is 30.2 Å². The van der Waals surface area contributed by atoms with Gasteiger partial charge in [-0.05, 0) is 17.9 Å². The van der Waals surface area contributed by atoms with Crippen molar-refractivity contribution in [3.8, 4) is 0 Å². The number of carbonyl (C=O) groups excluding carboxylic acids is 1. The Morgan fingerprint density at radius 3 is 3.07 bits per heavy atom. The lowest BCUT2D eigenvalue weighted by Crippen LogP contribution is -2.40. The van der Waals surface area contributed by atoms with Crippen LogP contribution in [-0.4, -0.2) is 23.9 Å². The summed E-state index contributed by atoms with van der Waals surface area (Å²) in [6, 6.07) is 3.52. The highest BCUT2D eigenvalue weighted by Gasteiger charge is 2.16. The number of nitrogens with zero attached hydrogens (tertiary/aromatic N) is 1. The fraction of sp³-hybridized carbons (Fsp3) is 0.364. The second kappa shape index (κ2) is 5.68. The number of nitrogens with two attached hydrogens (primary N) is 1. The molecule has 1 amide bonds. The van der Waals surface area contributed by atoms with Crippen molar-refractivity contribution >= 4 is 17.2 Å². The Labute approximate surface area is 94.2 Å². The SMILES string of the molecule is C=CCC(N)C(=O)N(C)Cc1cccs1. The predicted molar refractivity (Wildman–Crippen MR) is 63.6 cm³/mol. The summed E-state index contributed by atoms with van der Waals surface area (Å²) in [5.41, 5.74) is 5.70. The van der Waals surface area contributed by atoms with Crippen LogP contribution in [-0.2, 0) is 11.3 Å². The van der Waals surface area contributed by atoms with E-state index < -0.39 is 6.04 Å². The van der Waals surface area contributed by atoms with Gasteiger partial charge < -0.3 is 10.6 Å². The highest BCUT2D eigenvalue weighted by molar-refractivity contribution is 7.09. The first-order chi connectivity index (χ1) is 7.15. The lowest BCUT2D eigenvalue weighted by molar-refractivity contribution is -0.131. The van der Waals surface area contributed by atoms with Crippen LogP contribution in [0, 0.1) is 0 Å². The molecule has 2 N–H and O–H groups in total. The number of hydrogen-bond donors (Lipinski definition) is 1. The van der Waals surface area contributed by atoms with E-state index in [0.717, 1.165) is 4.88 Å². The van der Waals surface area contributed by atoms with Crippen molar-refractivity contribution in [2.75, 3.05) is 7.05 Å². The predicted octanol–water partition coefficient (Wildman–Crippen LogP) is 1.61. The van der Waals surface area contributed by atoms with E-state index in [-0.39, 0.29) is 5.91 Å². The molecule has 0 aliphatic rings. The van der Waals surface area contributed by atoms with Gasteiger partial charge in [0.25, 0.3) is 0 Å². The second-order valence-electron chi connectivity index (χ2n) is 3.40. The number of thiophene rings is 1. The van der Waals surface area contributed by atoms with Crippen LogP contribution >= 0.6 is 11.3 Å². The number of carbonyl (C=O) groups is 1. The minimum absolute atomic E-state index is 0.0386. The molecule has 0 aromatic carbocycles. The van der Waals surface area contributed by atoms with Crippen molar-refractivity contribution in [3.05, 3.63) is 35.0 Å². The van der Waals surface area contributed by atoms with Crippen molar-refractivity contribution in [2.24, 2.45) is 5.73 Å². The van der Waals surface area contributed by atoms with Gasteiger partial charge in [0.05, 0.1) is 12.6 Å². The van der Waals surface area contributed by atoms with Gasteiger partial charge in [0.1, 0.15) is 0 Å². The summed E-state index contributed by atoms with van der Waals surface area (Å²) >= 11 is 1.64. The summed E-state index contributed by atoms with van der Waals surface area (Å²) in [6.07, 6.45) is 2.19. The quantitative estimate of drug-likeness (QED) is 0.772. The zero-order valence-electron chi connectivity index (χ0n) is 8.85. The largest absolute Gasteiger partial charge is 0.339 e. The Hall–Kier alpha value is -1.13. The fourth-order valence-electron chi connectivity index (χ4n) is 1.28. The van der Waals surface area contributed by atoms with Crippen LogP contribution in [0.1, 0.15) is 11.3 Å². The Bertz CT molecular complexity index is 321. The standard InChI is InChI=1S/C11H16N2OS/c1-3-5-10(12)11(14)13(2)8-9-6-4-7-15-9/h3-4,6-7,10H,1,5,8,12H2,2H3. The summed E-state index contributed by atoms with van der Waals surface area (Å²) in [7, 11) is 1.77. The van der Waals surface area contributed by atoms with Gasteiger partial charge in [0.15, 0.2) is 0 Å². The molecule has 1 heterocycles. The monoisotopic (exact) mass is 224 g/mol. The number of rotatable bonds is 5. The molecule has 1 atom stereocenters. The van der Waals surface area contributed by atoms with E-state index in [1.807, 2.05) is 17.5 Å². The molecule has 4 heteroatoms. The average molecular weight is 224 g/mol. The third-order valence-corrected chi connectivity index (χ3v) is 2.95. The molecule has 1 rings (SSSR count). The Balaban J connectivity index is 2.49. The molecule has 3 nitrogen and oxygen atoms in total. The molecule has 1 aromatic rings. The van der Waals surface area contributed by atoms with Crippen molar-refractivity contribution in [2.45, 2.75) is 19.0 Å². The van der Waals surface area contributed by atoms with E-state index in [0.29, 0.717) is 13.0 Å². The molecule has 1 unspecified atom stereocenters. The maximum atomic E-state index is 11.7.